The zero-order chi connectivity index (χ0) is 33.4. The maximum absolute atomic E-state index is 7.11. The first-order valence-corrected chi connectivity index (χ1v) is 18.4. The Balaban J connectivity index is 1.76. The molecular weight excluding hydrogens is 942 g/mol. The molecule has 1 unspecified atom stereocenters. The molecule has 1 fully saturated rings. The topological polar surface area (TPSA) is 287 Å². The number of hydrogen-bond donors (Lipinski definition) is 12. The summed E-state index contributed by atoms with van der Waals surface area (Å²) in [5.41, 5.74) is 77.7. The molecular formula is C29H33I3N13P. The molecule has 0 amide bonds. The Labute approximate surface area is 307 Å². The van der Waals surface area contributed by atoms with E-state index in [9.17, 15) is 0 Å². The summed E-state index contributed by atoms with van der Waals surface area (Å²) in [5, 5.41) is 4.27. The fourth-order valence-corrected chi connectivity index (χ4v) is 8.76. The number of benzene rings is 5. The molecule has 1 heterocycles. The van der Waals surface area contributed by atoms with Gasteiger partial charge in [-0.1, -0.05) is 33.0 Å². The van der Waals surface area contributed by atoms with Gasteiger partial charge >= 0.3 is 0 Å². The van der Waals surface area contributed by atoms with Crippen LogP contribution in [0.2, 0.25) is 0 Å². The van der Waals surface area contributed by atoms with Crippen LogP contribution in [0.4, 0.5) is 62.6 Å². The quantitative estimate of drug-likeness (QED) is 0.0328. The van der Waals surface area contributed by atoms with Crippen LogP contribution >= 0.6 is 76.8 Å². The SMILES string of the molecule is NPCc1cccc(-c2c(NN3CC3)c(I)c3c(N)c(-c4c(NI)c(N)c5c(I)c(N)c(N)c(N)c5c4N)c(N)c(N)c3c2N)c1. The summed E-state index contributed by atoms with van der Waals surface area (Å²) in [5.74, 6) is 0. The van der Waals surface area contributed by atoms with Crippen LogP contribution in [0.15, 0.2) is 24.3 Å². The van der Waals surface area contributed by atoms with E-state index in [2.05, 4.69) is 65.2 Å². The van der Waals surface area contributed by atoms with Gasteiger partial charge in [-0.05, 0) is 56.3 Å². The first-order valence-electron chi connectivity index (χ1n) is 13.8. The maximum Gasteiger partial charge on any atom is 0.0799 e. The molecule has 1 saturated heterocycles. The predicted molar refractivity (Wildman–Crippen MR) is 227 cm³/mol. The number of halogens is 3. The molecule has 1 aliphatic heterocycles. The third-order valence-electron chi connectivity index (χ3n) is 8.31. The molecule has 17 heteroatoms. The smallest absolute Gasteiger partial charge is 0.0799 e. The van der Waals surface area contributed by atoms with Crippen LogP contribution < -0.4 is 66.1 Å². The second kappa shape index (κ2) is 12.2. The highest BCUT2D eigenvalue weighted by Gasteiger charge is 2.31. The molecule has 0 aromatic heterocycles. The van der Waals surface area contributed by atoms with E-state index in [-0.39, 0.29) is 37.2 Å². The fourth-order valence-electron chi connectivity index (χ4n) is 5.95. The molecule has 6 rings (SSSR count). The van der Waals surface area contributed by atoms with Crippen molar-refractivity contribution in [2.45, 2.75) is 6.16 Å². The zero-order valence-corrected chi connectivity index (χ0v) is 31.8. The van der Waals surface area contributed by atoms with Gasteiger partial charge in [0, 0.05) is 64.6 Å². The normalized spacial score (nSPS) is 13.3. The van der Waals surface area contributed by atoms with E-state index in [4.69, 9.17) is 57.1 Å². The average molecular weight is 975 g/mol. The molecule has 0 radical (unpaired) electrons. The van der Waals surface area contributed by atoms with Crippen LogP contribution in [0.25, 0.3) is 43.8 Å². The summed E-state index contributed by atoms with van der Waals surface area (Å²) in [7, 11) is 0.283. The van der Waals surface area contributed by atoms with Gasteiger partial charge in [0.15, 0.2) is 0 Å². The number of hydrogen-bond acceptors (Lipinski definition) is 13. The Kier molecular flexibility index (Phi) is 8.72. The molecule has 5 aromatic carbocycles. The van der Waals surface area contributed by atoms with Gasteiger partial charge in [-0.15, -0.1) is 0 Å². The van der Waals surface area contributed by atoms with E-state index in [1.54, 1.807) is 0 Å². The zero-order valence-electron chi connectivity index (χ0n) is 24.3. The van der Waals surface area contributed by atoms with Crippen molar-refractivity contribution in [3.05, 3.63) is 37.0 Å². The molecule has 46 heavy (non-hydrogen) atoms. The highest BCUT2D eigenvalue weighted by atomic mass is 127. The molecule has 0 aliphatic carbocycles. The minimum absolute atomic E-state index is 0.193. The monoisotopic (exact) mass is 975 g/mol. The van der Waals surface area contributed by atoms with Gasteiger partial charge in [-0.25, -0.2) is 5.01 Å². The third kappa shape index (κ3) is 4.95. The summed E-state index contributed by atoms with van der Waals surface area (Å²) in [6.07, 6.45) is 0.754. The van der Waals surface area contributed by atoms with Gasteiger partial charge in [-0.2, -0.15) is 0 Å². The lowest BCUT2D eigenvalue weighted by Crippen LogP contribution is -2.14. The van der Waals surface area contributed by atoms with E-state index in [0.717, 1.165) is 45.2 Å². The van der Waals surface area contributed by atoms with E-state index in [1.165, 1.54) is 0 Å². The highest BCUT2D eigenvalue weighted by molar-refractivity contribution is 14.1. The van der Waals surface area contributed by atoms with Gasteiger partial charge in [0.25, 0.3) is 0 Å². The summed E-state index contributed by atoms with van der Waals surface area (Å²) in [4.78, 5) is 0. The van der Waals surface area contributed by atoms with Crippen LogP contribution in [0.3, 0.4) is 0 Å². The van der Waals surface area contributed by atoms with Crippen LogP contribution in [-0.4, -0.2) is 18.1 Å². The fraction of sp³-hybridized carbons (Fsp3) is 0.103. The maximum atomic E-state index is 7.11. The van der Waals surface area contributed by atoms with Crippen molar-refractivity contribution in [1.29, 1.82) is 0 Å². The number of hydrazine groups is 1. The van der Waals surface area contributed by atoms with Crippen LogP contribution in [0.1, 0.15) is 5.56 Å². The Bertz CT molecular complexity index is 2120. The molecule has 0 bridgehead atoms. The second-order valence-electron chi connectivity index (χ2n) is 11.0. The van der Waals surface area contributed by atoms with E-state index >= 15 is 0 Å². The standard InChI is InChI=1S/C29H33I3N13P/c30-17-11-13(24(38)27(41)26(17)40)21(35)16(29(43-32)25(11)39)15-20(34)12-14(22(36)23(15)37)19(33)10(28(18(12)31)44-45-4-5-45)9-3-1-2-8(6-9)7-46-42/h1-3,6,43-44,46H,4-5,7,33-42H2. The lowest BCUT2D eigenvalue weighted by molar-refractivity contribution is 0.680. The number of nitrogens with two attached hydrogens (primary N) is 10. The van der Waals surface area contributed by atoms with Gasteiger partial charge in [0.1, 0.15) is 0 Å². The lowest BCUT2D eigenvalue weighted by atomic mass is 9.87. The highest BCUT2D eigenvalue weighted by Crippen LogP contribution is 2.57. The Hall–Kier alpha value is -3.04. The van der Waals surface area contributed by atoms with Gasteiger partial charge < -0.3 is 66.1 Å². The van der Waals surface area contributed by atoms with Crippen molar-refractivity contribution >= 4 is 161 Å². The van der Waals surface area contributed by atoms with Gasteiger partial charge in [-0.3, -0.25) is 0 Å². The minimum atomic E-state index is 0.193. The number of anilines is 11. The Morgan fingerprint density at radius 2 is 1.22 bits per heavy atom. The molecule has 22 N–H and O–H groups in total. The summed E-state index contributed by atoms with van der Waals surface area (Å²) < 4.78 is 4.59. The number of rotatable bonds is 7. The number of nitrogens with one attached hydrogen (secondary N) is 2. The van der Waals surface area contributed by atoms with Crippen molar-refractivity contribution in [3.8, 4) is 22.3 Å². The Morgan fingerprint density at radius 3 is 1.83 bits per heavy atom. The molecule has 0 spiro atoms. The van der Waals surface area contributed by atoms with Gasteiger partial charge in [0.05, 0.1) is 85.4 Å². The van der Waals surface area contributed by atoms with Crippen molar-refractivity contribution in [2.75, 3.05) is 73.6 Å². The minimum Gasteiger partial charge on any atom is -0.398 e. The number of nitrogens with zero attached hydrogens (tertiary/aromatic N) is 1. The van der Waals surface area contributed by atoms with Crippen LogP contribution in [-0.2, 0) is 6.16 Å². The first kappa shape index (κ1) is 32.9. The molecule has 0 saturated carbocycles. The van der Waals surface area contributed by atoms with Crippen molar-refractivity contribution in [2.24, 2.45) is 5.50 Å². The van der Waals surface area contributed by atoms with Crippen molar-refractivity contribution in [3.63, 3.8) is 0 Å². The second-order valence-corrected chi connectivity index (χ2v) is 14.5. The molecule has 1 atom stereocenters. The molecule has 5 aromatic rings. The molecule has 240 valence electrons. The van der Waals surface area contributed by atoms with Crippen molar-refractivity contribution < 1.29 is 0 Å². The van der Waals surface area contributed by atoms with E-state index in [1.807, 2.05) is 41.1 Å². The average Bonchev–Trinajstić information content (AvgIpc) is 3.85. The predicted octanol–water partition coefficient (Wildman–Crippen LogP) is 5.23. The molecule has 1 aliphatic rings. The summed E-state index contributed by atoms with van der Waals surface area (Å²) in [6.45, 7) is 1.77. The lowest BCUT2D eigenvalue weighted by Gasteiger charge is -2.26. The van der Waals surface area contributed by atoms with Crippen molar-refractivity contribution in [1.82, 2.24) is 5.01 Å². The van der Waals surface area contributed by atoms with Crippen LogP contribution in [0.5, 0.6) is 0 Å². The Morgan fingerprint density at radius 1 is 0.630 bits per heavy atom. The summed E-state index contributed by atoms with van der Waals surface area (Å²) >= 11 is 6.37. The number of nitrogen functional groups attached to an aromatic ring is 9. The third-order valence-corrected chi connectivity index (χ3v) is 11.7. The van der Waals surface area contributed by atoms with Gasteiger partial charge in [0.2, 0.25) is 0 Å². The largest absolute Gasteiger partial charge is 0.398 e. The number of fused-ring (bicyclic) bond motifs is 2. The first-order chi connectivity index (χ1) is 21.8. The van der Waals surface area contributed by atoms with E-state index in [0.29, 0.717) is 64.7 Å². The molecule has 13 nitrogen and oxygen atoms in total. The van der Waals surface area contributed by atoms with Crippen LogP contribution in [0, 0.1) is 7.14 Å². The van der Waals surface area contributed by atoms with E-state index < -0.39 is 0 Å². The summed E-state index contributed by atoms with van der Waals surface area (Å²) in [6, 6.07) is 8.16.